The minimum absolute atomic E-state index is 0.812. The molecule has 0 spiro atoms. The molecular weight excluding hydrogens is 294 g/mol. The molecule has 0 saturated heterocycles. The van der Waals surface area contributed by atoms with E-state index in [2.05, 4.69) is 39.1 Å². The van der Waals surface area contributed by atoms with Gasteiger partial charge < -0.3 is 9.88 Å². The topological polar surface area (TPSA) is 29.9 Å². The summed E-state index contributed by atoms with van der Waals surface area (Å²) < 4.78 is 2.47. The first kappa shape index (κ1) is 13.8. The largest absolute Gasteiger partial charge is 0.344 e. The number of benzene rings is 1. The average molecular weight is 312 g/mol. The fraction of sp³-hybridized carbons (Fsp3) is 0.278. The number of nitrogens with zero attached hydrogens (tertiary/aromatic N) is 2. The van der Waals surface area contributed by atoms with Crippen LogP contribution in [0, 0.1) is 0 Å². The lowest BCUT2D eigenvalue weighted by Gasteiger charge is -2.17. The number of aryl methyl sites for hydroxylation is 2. The molecular formula is C18H18ClN3. The maximum absolute atomic E-state index is 6.21. The lowest BCUT2D eigenvalue weighted by Crippen LogP contribution is -2.24. The standard InChI is InChI=1S/C18H18ClN3/c19-14-1-2-17-15(11-14)16-12-21-9-5-18(16)22(17)10-6-13-3-7-20-8-4-13/h1-4,7-8,11,21H,5-6,9-10,12H2. The van der Waals surface area contributed by atoms with Crippen LogP contribution in [0.3, 0.4) is 0 Å². The molecule has 0 atom stereocenters. The lowest BCUT2D eigenvalue weighted by molar-refractivity contribution is 0.594. The van der Waals surface area contributed by atoms with Crippen molar-refractivity contribution in [2.75, 3.05) is 6.54 Å². The van der Waals surface area contributed by atoms with E-state index in [1.165, 1.54) is 27.7 Å². The minimum atomic E-state index is 0.812. The van der Waals surface area contributed by atoms with Gasteiger partial charge in [-0.25, -0.2) is 0 Å². The van der Waals surface area contributed by atoms with Gasteiger partial charge in [0.25, 0.3) is 0 Å². The van der Waals surface area contributed by atoms with Gasteiger partial charge in [0.15, 0.2) is 0 Å². The molecule has 22 heavy (non-hydrogen) atoms. The third kappa shape index (κ3) is 2.40. The fourth-order valence-electron chi connectivity index (χ4n) is 3.40. The van der Waals surface area contributed by atoms with Crippen molar-refractivity contribution < 1.29 is 0 Å². The maximum Gasteiger partial charge on any atom is 0.0487 e. The van der Waals surface area contributed by atoms with Crippen LogP contribution in [0.1, 0.15) is 16.8 Å². The van der Waals surface area contributed by atoms with Crippen LogP contribution in [0.15, 0.2) is 42.7 Å². The molecule has 0 aliphatic carbocycles. The predicted octanol–water partition coefficient (Wildman–Crippen LogP) is 3.58. The summed E-state index contributed by atoms with van der Waals surface area (Å²) in [6.45, 7) is 2.98. The smallest absolute Gasteiger partial charge is 0.0487 e. The molecule has 1 aromatic carbocycles. The Balaban J connectivity index is 1.76. The molecule has 3 nitrogen and oxygen atoms in total. The molecule has 0 radical (unpaired) electrons. The molecule has 1 aliphatic heterocycles. The van der Waals surface area contributed by atoms with Crippen molar-refractivity contribution in [1.29, 1.82) is 0 Å². The Hall–Kier alpha value is -1.84. The Morgan fingerprint density at radius 2 is 2.05 bits per heavy atom. The van der Waals surface area contributed by atoms with Gasteiger partial charge in [0.05, 0.1) is 0 Å². The molecule has 1 N–H and O–H groups in total. The number of aromatic nitrogens is 2. The third-order valence-corrected chi connectivity index (χ3v) is 4.70. The van der Waals surface area contributed by atoms with Gasteiger partial charge in [-0.15, -0.1) is 0 Å². The van der Waals surface area contributed by atoms with Crippen molar-refractivity contribution in [2.45, 2.75) is 25.9 Å². The average Bonchev–Trinajstić information content (AvgIpc) is 2.87. The van der Waals surface area contributed by atoms with E-state index in [-0.39, 0.29) is 0 Å². The molecule has 0 unspecified atom stereocenters. The van der Waals surface area contributed by atoms with Crippen LogP contribution in [0.2, 0.25) is 5.02 Å². The Morgan fingerprint density at radius 1 is 1.18 bits per heavy atom. The van der Waals surface area contributed by atoms with Crippen molar-refractivity contribution in [3.05, 3.63) is 64.6 Å². The zero-order chi connectivity index (χ0) is 14.9. The quantitative estimate of drug-likeness (QED) is 0.801. The van der Waals surface area contributed by atoms with Gasteiger partial charge in [-0.2, -0.15) is 0 Å². The molecule has 0 saturated carbocycles. The zero-order valence-corrected chi connectivity index (χ0v) is 13.1. The van der Waals surface area contributed by atoms with E-state index < -0.39 is 0 Å². The second-order valence-electron chi connectivity index (χ2n) is 5.77. The maximum atomic E-state index is 6.21. The molecule has 4 rings (SSSR count). The summed E-state index contributed by atoms with van der Waals surface area (Å²) in [4.78, 5) is 4.09. The van der Waals surface area contributed by atoms with Crippen LogP contribution in [0.4, 0.5) is 0 Å². The van der Waals surface area contributed by atoms with E-state index in [0.717, 1.165) is 37.5 Å². The summed E-state index contributed by atoms with van der Waals surface area (Å²) in [7, 11) is 0. The molecule has 0 bridgehead atoms. The van der Waals surface area contributed by atoms with Gasteiger partial charge in [-0.05, 0) is 47.9 Å². The Labute approximate surface area is 134 Å². The van der Waals surface area contributed by atoms with E-state index in [1.54, 1.807) is 0 Å². The number of pyridine rings is 1. The Bertz CT molecular complexity index is 808. The van der Waals surface area contributed by atoms with E-state index in [1.807, 2.05) is 18.5 Å². The SMILES string of the molecule is Clc1ccc2c(c1)c1c(n2CCc2ccncc2)CCNC1. The number of hydrogen-bond acceptors (Lipinski definition) is 2. The summed E-state index contributed by atoms with van der Waals surface area (Å²) in [5, 5.41) is 5.58. The van der Waals surface area contributed by atoms with E-state index in [9.17, 15) is 0 Å². The highest BCUT2D eigenvalue weighted by Gasteiger charge is 2.19. The molecule has 2 aromatic heterocycles. The first-order chi connectivity index (χ1) is 10.8. The van der Waals surface area contributed by atoms with Crippen LogP contribution in [-0.2, 0) is 25.9 Å². The first-order valence-corrected chi connectivity index (χ1v) is 8.10. The Kier molecular flexibility index (Phi) is 3.60. The second kappa shape index (κ2) is 5.75. The number of rotatable bonds is 3. The second-order valence-corrected chi connectivity index (χ2v) is 6.21. The first-order valence-electron chi connectivity index (χ1n) is 7.72. The van der Waals surface area contributed by atoms with Gasteiger partial charge in [0.2, 0.25) is 0 Å². The van der Waals surface area contributed by atoms with Crippen molar-refractivity contribution in [3.63, 3.8) is 0 Å². The Morgan fingerprint density at radius 3 is 2.91 bits per heavy atom. The highest BCUT2D eigenvalue weighted by molar-refractivity contribution is 6.31. The van der Waals surface area contributed by atoms with E-state index in [0.29, 0.717) is 0 Å². The van der Waals surface area contributed by atoms with Crippen LogP contribution in [0.5, 0.6) is 0 Å². The number of hydrogen-bond donors (Lipinski definition) is 1. The van der Waals surface area contributed by atoms with Crippen LogP contribution >= 0.6 is 11.6 Å². The molecule has 0 amide bonds. The van der Waals surface area contributed by atoms with Crippen LogP contribution < -0.4 is 5.32 Å². The van der Waals surface area contributed by atoms with Gasteiger partial charge in [-0.1, -0.05) is 11.6 Å². The van der Waals surface area contributed by atoms with Crippen LogP contribution in [0.25, 0.3) is 10.9 Å². The van der Waals surface area contributed by atoms with Gasteiger partial charge >= 0.3 is 0 Å². The normalized spacial score (nSPS) is 14.2. The molecule has 3 aromatic rings. The summed E-state index contributed by atoms with van der Waals surface area (Å²) in [6.07, 6.45) is 5.83. The van der Waals surface area contributed by atoms with Gasteiger partial charge in [0, 0.05) is 60.1 Å². The van der Waals surface area contributed by atoms with Crippen molar-refractivity contribution in [1.82, 2.24) is 14.9 Å². The zero-order valence-electron chi connectivity index (χ0n) is 12.3. The van der Waals surface area contributed by atoms with Crippen molar-refractivity contribution in [3.8, 4) is 0 Å². The minimum Gasteiger partial charge on any atom is -0.344 e. The highest BCUT2D eigenvalue weighted by Crippen LogP contribution is 2.31. The van der Waals surface area contributed by atoms with Gasteiger partial charge in [0.1, 0.15) is 0 Å². The predicted molar refractivity (Wildman–Crippen MR) is 90.3 cm³/mol. The molecule has 4 heteroatoms. The number of nitrogens with one attached hydrogen (secondary N) is 1. The summed E-state index contributed by atoms with van der Waals surface area (Å²) in [5.74, 6) is 0. The van der Waals surface area contributed by atoms with Crippen LogP contribution in [-0.4, -0.2) is 16.1 Å². The summed E-state index contributed by atoms with van der Waals surface area (Å²) in [6, 6.07) is 10.4. The number of fused-ring (bicyclic) bond motifs is 3. The molecule has 112 valence electrons. The molecule has 0 fully saturated rings. The highest BCUT2D eigenvalue weighted by atomic mass is 35.5. The van der Waals surface area contributed by atoms with Crippen molar-refractivity contribution >= 4 is 22.5 Å². The van der Waals surface area contributed by atoms with E-state index in [4.69, 9.17) is 11.6 Å². The number of halogens is 1. The molecule has 1 aliphatic rings. The monoisotopic (exact) mass is 311 g/mol. The summed E-state index contributed by atoms with van der Waals surface area (Å²) in [5.41, 5.74) is 5.50. The molecule has 3 heterocycles. The summed E-state index contributed by atoms with van der Waals surface area (Å²) >= 11 is 6.21. The van der Waals surface area contributed by atoms with E-state index >= 15 is 0 Å². The van der Waals surface area contributed by atoms with Gasteiger partial charge in [-0.3, -0.25) is 4.98 Å². The third-order valence-electron chi connectivity index (χ3n) is 4.46. The lowest BCUT2D eigenvalue weighted by atomic mass is 10.1. The van der Waals surface area contributed by atoms with Crippen molar-refractivity contribution in [2.24, 2.45) is 0 Å². The fourth-order valence-corrected chi connectivity index (χ4v) is 3.57.